The summed E-state index contributed by atoms with van der Waals surface area (Å²) in [5.74, 6) is 3.50. The Morgan fingerprint density at radius 3 is 1.17 bits per heavy atom. The molecule has 7 N–H and O–H groups in total. The van der Waals surface area contributed by atoms with E-state index in [9.17, 15) is 0 Å². The van der Waals surface area contributed by atoms with Crippen molar-refractivity contribution in [2.45, 2.75) is 0 Å². The summed E-state index contributed by atoms with van der Waals surface area (Å²) in [5.41, 5.74) is 9.81. The van der Waals surface area contributed by atoms with Crippen molar-refractivity contribution >= 4 is 0 Å². The topological polar surface area (TPSA) is 98.3 Å². The van der Waals surface area contributed by atoms with E-state index in [0.717, 1.165) is 0 Å². The fourth-order valence-electron chi connectivity index (χ4n) is 0. The second-order valence-electron chi connectivity index (χ2n) is 0.577. The molecule has 0 rings (SSSR count). The maximum absolute atomic E-state index is 6.50. The highest BCUT2D eigenvalue weighted by atomic mass is 16.4. The van der Waals surface area contributed by atoms with E-state index in [1.54, 1.807) is 0 Å². The number of hydrogen-bond donors (Lipinski definition) is 4. The molecule has 0 spiro atoms. The highest BCUT2D eigenvalue weighted by Crippen LogP contribution is 1.24. The van der Waals surface area contributed by atoms with Gasteiger partial charge in [-0.3, -0.25) is 0 Å². The zero-order chi connectivity index (χ0) is 5.41. The molecule has 0 aliphatic carbocycles. The minimum Gasteiger partial charge on any atom is -0.329 e. The third-order valence-corrected chi connectivity index (χ3v) is 0.167. The van der Waals surface area contributed by atoms with Crippen molar-refractivity contribution in [3.8, 4) is 0 Å². The summed E-state index contributed by atoms with van der Waals surface area (Å²) >= 11 is 0. The van der Waals surface area contributed by atoms with Crippen LogP contribution in [0.2, 0.25) is 0 Å². The average Bonchev–Trinajstić information content (AvgIpc) is 1.72. The van der Waals surface area contributed by atoms with Crippen LogP contribution in [0.25, 0.3) is 0 Å². The fraction of sp³-hybridized carbons (Fsp3) is 1.00. The molecular weight excluding hydrogens is 82.0 g/mol. The van der Waals surface area contributed by atoms with Crippen molar-refractivity contribution < 1.29 is 5.21 Å². The second-order valence-corrected chi connectivity index (χ2v) is 0.577. The fourth-order valence-corrected chi connectivity index (χ4v) is 0. The van der Waals surface area contributed by atoms with Gasteiger partial charge in [-0.2, -0.15) is 0 Å². The molecule has 4 nitrogen and oxygen atoms in total. The monoisotopic (exact) mass is 93.1 g/mol. The van der Waals surface area contributed by atoms with Gasteiger partial charge in [-0.25, -0.2) is 5.90 Å². The summed E-state index contributed by atoms with van der Waals surface area (Å²) in [7, 11) is 0. The van der Waals surface area contributed by atoms with Gasteiger partial charge in [-0.05, 0) is 0 Å². The van der Waals surface area contributed by atoms with Gasteiger partial charge in [-0.15, -0.1) is 0 Å². The normalized spacial score (nSPS) is 6.00. The maximum Gasteiger partial charge on any atom is 0.00461 e. The van der Waals surface area contributed by atoms with Crippen molar-refractivity contribution in [3.05, 3.63) is 0 Å². The largest absolute Gasteiger partial charge is 0.329 e. The summed E-state index contributed by atoms with van der Waals surface area (Å²) in [6.07, 6.45) is 0. The van der Waals surface area contributed by atoms with Gasteiger partial charge >= 0.3 is 0 Å². The molecule has 4 heteroatoms. The number of nitrogens with two attached hydrogens (primary N) is 3. The molecule has 0 fully saturated rings. The van der Waals surface area contributed by atoms with Crippen molar-refractivity contribution in [2.24, 2.45) is 17.4 Å². The van der Waals surface area contributed by atoms with Crippen molar-refractivity contribution in [2.75, 3.05) is 13.1 Å². The van der Waals surface area contributed by atoms with Gasteiger partial charge in [0, 0.05) is 13.1 Å². The highest BCUT2D eigenvalue weighted by Gasteiger charge is 1.54. The lowest BCUT2D eigenvalue weighted by Crippen LogP contribution is -2.11. The van der Waals surface area contributed by atoms with E-state index >= 15 is 0 Å². The summed E-state index contributed by atoms with van der Waals surface area (Å²) in [4.78, 5) is 0. The van der Waals surface area contributed by atoms with Crippen LogP contribution in [0.5, 0.6) is 0 Å². The van der Waals surface area contributed by atoms with Crippen LogP contribution < -0.4 is 17.4 Å². The lowest BCUT2D eigenvalue weighted by Gasteiger charge is -1.72. The van der Waals surface area contributed by atoms with Gasteiger partial charge in [-0.1, -0.05) is 0 Å². The summed E-state index contributed by atoms with van der Waals surface area (Å²) in [6.45, 7) is 1.19. The van der Waals surface area contributed by atoms with Gasteiger partial charge in [0.25, 0.3) is 0 Å². The van der Waals surface area contributed by atoms with E-state index in [1.165, 1.54) is 0 Å². The van der Waals surface area contributed by atoms with E-state index < -0.39 is 0 Å². The van der Waals surface area contributed by atoms with E-state index in [2.05, 4.69) is 5.90 Å². The first-order valence-corrected chi connectivity index (χ1v) is 1.57. The highest BCUT2D eigenvalue weighted by molar-refractivity contribution is 4.26. The molecule has 0 aromatic carbocycles. The van der Waals surface area contributed by atoms with Crippen LogP contribution in [0.15, 0.2) is 0 Å². The van der Waals surface area contributed by atoms with E-state index in [1.807, 2.05) is 0 Å². The molecule has 0 aromatic rings. The Morgan fingerprint density at radius 2 is 1.17 bits per heavy atom. The van der Waals surface area contributed by atoms with Crippen molar-refractivity contribution in [1.82, 2.24) is 0 Å². The first-order chi connectivity index (χ1) is 2.91. The quantitative estimate of drug-likeness (QED) is 0.288. The molecule has 0 bridgehead atoms. The average molecular weight is 93.1 g/mol. The molecule has 0 unspecified atom stereocenters. The molecule has 0 saturated heterocycles. The van der Waals surface area contributed by atoms with Gasteiger partial charge in [0.2, 0.25) is 0 Å². The van der Waals surface area contributed by atoms with E-state index in [0.29, 0.717) is 13.1 Å². The van der Waals surface area contributed by atoms with Crippen LogP contribution in [0.4, 0.5) is 0 Å². The molecule has 0 radical (unpaired) electrons. The Kier molecular flexibility index (Phi) is 32.6. The molecule has 0 amide bonds. The molecule has 40 valence electrons. The first kappa shape index (κ1) is 9.28. The molecule has 0 atom stereocenters. The molecular formula is C2H11N3O. The van der Waals surface area contributed by atoms with Crippen LogP contribution in [0.1, 0.15) is 0 Å². The third-order valence-electron chi connectivity index (χ3n) is 0.167. The maximum atomic E-state index is 6.50. The zero-order valence-electron chi connectivity index (χ0n) is 3.59. The lowest BCUT2D eigenvalue weighted by atomic mass is 10.7. The molecule has 6 heavy (non-hydrogen) atoms. The van der Waals surface area contributed by atoms with Crippen molar-refractivity contribution in [1.29, 1.82) is 0 Å². The predicted molar refractivity (Wildman–Crippen MR) is 24.1 cm³/mol. The molecule has 0 aliphatic rings. The van der Waals surface area contributed by atoms with E-state index in [-0.39, 0.29) is 0 Å². The Balaban J connectivity index is 0. The molecule has 0 heterocycles. The minimum absolute atomic E-state index is 0.597. The Bertz CT molecular complexity index is 10.8. The summed E-state index contributed by atoms with van der Waals surface area (Å²) in [5, 5.41) is 6.50. The summed E-state index contributed by atoms with van der Waals surface area (Å²) < 4.78 is 0. The molecule has 0 aromatic heterocycles. The van der Waals surface area contributed by atoms with Crippen LogP contribution in [0, 0.1) is 0 Å². The Hall–Kier alpha value is -0.160. The van der Waals surface area contributed by atoms with Gasteiger partial charge in [0.1, 0.15) is 0 Å². The smallest absolute Gasteiger partial charge is 0.00461 e. The third kappa shape index (κ3) is 43.9. The standard InChI is InChI=1S/C2H8N2.H3NO/c3-1-2-4;1-2/h1-4H2;2H,1H2. The zero-order valence-corrected chi connectivity index (χ0v) is 3.59. The predicted octanol–water partition coefficient (Wildman–Crippen LogP) is -1.76. The Morgan fingerprint density at radius 1 is 1.00 bits per heavy atom. The minimum atomic E-state index is 0.597. The first-order valence-electron chi connectivity index (χ1n) is 1.57. The van der Waals surface area contributed by atoms with Gasteiger partial charge < -0.3 is 16.7 Å². The second kappa shape index (κ2) is 21.1. The van der Waals surface area contributed by atoms with Gasteiger partial charge in [0.05, 0.1) is 0 Å². The van der Waals surface area contributed by atoms with Crippen LogP contribution in [0.3, 0.4) is 0 Å². The SMILES string of the molecule is NCCN.NO. The van der Waals surface area contributed by atoms with Gasteiger partial charge in [0.15, 0.2) is 0 Å². The summed E-state index contributed by atoms with van der Waals surface area (Å²) in [6, 6.07) is 0. The van der Waals surface area contributed by atoms with E-state index in [4.69, 9.17) is 16.7 Å². The number of rotatable bonds is 1. The number of hydrogen-bond acceptors (Lipinski definition) is 4. The molecule has 0 aliphatic heterocycles. The van der Waals surface area contributed by atoms with Crippen LogP contribution in [-0.2, 0) is 0 Å². The van der Waals surface area contributed by atoms with Crippen molar-refractivity contribution in [3.63, 3.8) is 0 Å². The lowest BCUT2D eigenvalue weighted by molar-refractivity contribution is 0.311. The Labute approximate surface area is 36.9 Å². The molecule has 0 saturated carbocycles. The van der Waals surface area contributed by atoms with Crippen LogP contribution in [-0.4, -0.2) is 18.3 Å². The van der Waals surface area contributed by atoms with Crippen LogP contribution >= 0.6 is 0 Å².